The molecule has 2 atom stereocenters. The second-order valence-corrected chi connectivity index (χ2v) is 4.88. The van der Waals surface area contributed by atoms with E-state index in [4.69, 9.17) is 4.74 Å². The molecule has 2 saturated heterocycles. The molecule has 15 heavy (non-hydrogen) atoms. The Morgan fingerprint density at radius 2 is 2.07 bits per heavy atom. The van der Waals surface area contributed by atoms with Crippen LogP contribution in [0.5, 0.6) is 0 Å². The lowest BCUT2D eigenvalue weighted by Crippen LogP contribution is -2.47. The van der Waals surface area contributed by atoms with E-state index in [2.05, 4.69) is 17.3 Å². The van der Waals surface area contributed by atoms with Gasteiger partial charge in [-0.3, -0.25) is 0 Å². The smallest absolute Gasteiger partial charge is 0.0521 e. The van der Waals surface area contributed by atoms with E-state index in [1.165, 1.54) is 45.3 Å². The molecule has 2 rings (SSSR count). The van der Waals surface area contributed by atoms with Crippen molar-refractivity contribution in [2.75, 3.05) is 39.9 Å². The molecule has 88 valence electrons. The highest BCUT2D eigenvalue weighted by atomic mass is 16.5. The van der Waals surface area contributed by atoms with Crippen LogP contribution in [-0.4, -0.2) is 50.8 Å². The molecule has 0 radical (unpaired) electrons. The van der Waals surface area contributed by atoms with Crippen molar-refractivity contribution in [3.63, 3.8) is 0 Å². The molecular weight excluding hydrogens is 188 g/mol. The molecule has 3 nitrogen and oxygen atoms in total. The van der Waals surface area contributed by atoms with Gasteiger partial charge < -0.3 is 15.0 Å². The van der Waals surface area contributed by atoms with Crippen LogP contribution >= 0.6 is 0 Å². The predicted octanol–water partition coefficient (Wildman–Crippen LogP) is 1.10. The first kappa shape index (κ1) is 11.4. The third kappa shape index (κ3) is 3.16. The number of likely N-dealkylation sites (tertiary alicyclic amines) is 1. The maximum absolute atomic E-state index is 5.59. The number of hydrogen-bond acceptors (Lipinski definition) is 3. The Hall–Kier alpha value is -0.120. The minimum atomic E-state index is 0.667. The van der Waals surface area contributed by atoms with Gasteiger partial charge in [-0.15, -0.1) is 0 Å². The molecule has 0 amide bonds. The Bertz CT molecular complexity index is 180. The Morgan fingerprint density at radius 1 is 1.27 bits per heavy atom. The molecule has 0 spiro atoms. The first-order chi connectivity index (χ1) is 7.40. The van der Waals surface area contributed by atoms with Crippen molar-refractivity contribution in [1.82, 2.24) is 10.2 Å². The largest absolute Gasteiger partial charge is 0.381 e. The molecule has 0 aromatic rings. The molecule has 0 aromatic carbocycles. The van der Waals surface area contributed by atoms with Crippen LogP contribution in [0.4, 0.5) is 0 Å². The van der Waals surface area contributed by atoms with Crippen LogP contribution in [0.3, 0.4) is 0 Å². The summed E-state index contributed by atoms with van der Waals surface area (Å²) in [6, 6.07) is 0.667. The molecule has 0 saturated carbocycles. The fourth-order valence-corrected chi connectivity index (χ4v) is 2.83. The summed E-state index contributed by atoms with van der Waals surface area (Å²) in [6.07, 6.45) is 5.37. The molecule has 1 N–H and O–H groups in total. The van der Waals surface area contributed by atoms with Gasteiger partial charge in [0.1, 0.15) is 0 Å². The van der Waals surface area contributed by atoms with Crippen LogP contribution in [0, 0.1) is 5.92 Å². The van der Waals surface area contributed by atoms with Gasteiger partial charge in [-0.2, -0.15) is 0 Å². The molecule has 2 aliphatic rings. The van der Waals surface area contributed by atoms with Gasteiger partial charge in [-0.05, 0) is 39.4 Å². The Morgan fingerprint density at radius 3 is 2.80 bits per heavy atom. The number of piperidine rings is 1. The summed E-state index contributed by atoms with van der Waals surface area (Å²) < 4.78 is 5.59. The SMILES string of the molecule is CNC1CCOCC1CN1CCCCC1. The minimum Gasteiger partial charge on any atom is -0.381 e. The summed E-state index contributed by atoms with van der Waals surface area (Å²) in [6.45, 7) is 5.70. The molecule has 0 aliphatic carbocycles. The maximum Gasteiger partial charge on any atom is 0.0521 e. The molecule has 0 bridgehead atoms. The van der Waals surface area contributed by atoms with Crippen molar-refractivity contribution in [3.05, 3.63) is 0 Å². The van der Waals surface area contributed by atoms with Crippen LogP contribution in [0.15, 0.2) is 0 Å². The standard InChI is InChI=1S/C12H24N2O/c1-13-12-5-8-15-10-11(12)9-14-6-3-2-4-7-14/h11-13H,2-10H2,1H3. The minimum absolute atomic E-state index is 0.667. The topological polar surface area (TPSA) is 24.5 Å². The molecule has 0 aromatic heterocycles. The average Bonchev–Trinajstić information content (AvgIpc) is 2.31. The van der Waals surface area contributed by atoms with Gasteiger partial charge in [0.05, 0.1) is 6.61 Å². The molecule has 3 heteroatoms. The number of hydrogen-bond donors (Lipinski definition) is 1. The summed E-state index contributed by atoms with van der Waals surface area (Å²) >= 11 is 0. The molecule has 2 fully saturated rings. The summed E-state index contributed by atoms with van der Waals surface area (Å²) in [5.74, 6) is 0.696. The summed E-state index contributed by atoms with van der Waals surface area (Å²) in [5, 5.41) is 3.44. The lowest BCUT2D eigenvalue weighted by atomic mass is 9.94. The van der Waals surface area contributed by atoms with E-state index in [-0.39, 0.29) is 0 Å². The highest BCUT2D eigenvalue weighted by Gasteiger charge is 2.26. The third-order valence-electron chi connectivity index (χ3n) is 3.79. The molecule has 2 heterocycles. The van der Waals surface area contributed by atoms with Crippen LogP contribution in [0.25, 0.3) is 0 Å². The van der Waals surface area contributed by atoms with E-state index in [0.717, 1.165) is 13.2 Å². The van der Waals surface area contributed by atoms with Gasteiger partial charge in [0, 0.05) is 25.1 Å². The predicted molar refractivity (Wildman–Crippen MR) is 62.1 cm³/mol. The van der Waals surface area contributed by atoms with Crippen molar-refractivity contribution in [1.29, 1.82) is 0 Å². The molecule has 2 unspecified atom stereocenters. The quantitative estimate of drug-likeness (QED) is 0.758. The normalized spacial score (nSPS) is 34.2. The second kappa shape index (κ2) is 5.83. The van der Waals surface area contributed by atoms with Gasteiger partial charge >= 0.3 is 0 Å². The van der Waals surface area contributed by atoms with E-state index in [0.29, 0.717) is 12.0 Å². The van der Waals surface area contributed by atoms with E-state index in [1.807, 2.05) is 0 Å². The van der Waals surface area contributed by atoms with E-state index in [1.54, 1.807) is 0 Å². The van der Waals surface area contributed by atoms with Crippen LogP contribution < -0.4 is 5.32 Å². The van der Waals surface area contributed by atoms with Crippen molar-refractivity contribution in [3.8, 4) is 0 Å². The monoisotopic (exact) mass is 212 g/mol. The lowest BCUT2D eigenvalue weighted by molar-refractivity contribution is 0.0159. The highest BCUT2D eigenvalue weighted by Crippen LogP contribution is 2.18. The summed E-state index contributed by atoms with van der Waals surface area (Å²) in [4.78, 5) is 2.62. The van der Waals surface area contributed by atoms with E-state index >= 15 is 0 Å². The Kier molecular flexibility index (Phi) is 4.42. The Balaban J connectivity index is 1.79. The lowest BCUT2D eigenvalue weighted by Gasteiger charge is -2.36. The zero-order valence-corrected chi connectivity index (χ0v) is 9.87. The summed E-state index contributed by atoms with van der Waals surface area (Å²) in [7, 11) is 2.08. The maximum atomic E-state index is 5.59. The average molecular weight is 212 g/mol. The van der Waals surface area contributed by atoms with Gasteiger partial charge in [-0.25, -0.2) is 0 Å². The van der Waals surface area contributed by atoms with Crippen LogP contribution in [0.1, 0.15) is 25.7 Å². The second-order valence-electron chi connectivity index (χ2n) is 4.88. The molecule has 2 aliphatic heterocycles. The van der Waals surface area contributed by atoms with E-state index < -0.39 is 0 Å². The van der Waals surface area contributed by atoms with Gasteiger partial charge in [0.2, 0.25) is 0 Å². The first-order valence-corrected chi connectivity index (χ1v) is 6.37. The number of nitrogens with one attached hydrogen (secondary N) is 1. The summed E-state index contributed by atoms with van der Waals surface area (Å²) in [5.41, 5.74) is 0. The number of ether oxygens (including phenoxy) is 1. The van der Waals surface area contributed by atoms with Gasteiger partial charge in [0.25, 0.3) is 0 Å². The van der Waals surface area contributed by atoms with Crippen LogP contribution in [-0.2, 0) is 4.74 Å². The van der Waals surface area contributed by atoms with Crippen molar-refractivity contribution < 1.29 is 4.74 Å². The van der Waals surface area contributed by atoms with Gasteiger partial charge in [-0.1, -0.05) is 6.42 Å². The fraction of sp³-hybridized carbons (Fsp3) is 1.00. The van der Waals surface area contributed by atoms with Gasteiger partial charge in [0.15, 0.2) is 0 Å². The zero-order valence-electron chi connectivity index (χ0n) is 9.87. The van der Waals surface area contributed by atoms with Crippen molar-refractivity contribution in [2.45, 2.75) is 31.7 Å². The first-order valence-electron chi connectivity index (χ1n) is 6.37. The third-order valence-corrected chi connectivity index (χ3v) is 3.79. The van der Waals surface area contributed by atoms with E-state index in [9.17, 15) is 0 Å². The zero-order chi connectivity index (χ0) is 10.5. The van der Waals surface area contributed by atoms with Crippen LogP contribution in [0.2, 0.25) is 0 Å². The number of nitrogens with zero attached hydrogens (tertiary/aromatic N) is 1. The Labute approximate surface area is 93.2 Å². The fourth-order valence-electron chi connectivity index (χ4n) is 2.83. The molecular formula is C12H24N2O. The van der Waals surface area contributed by atoms with Crippen molar-refractivity contribution in [2.24, 2.45) is 5.92 Å². The number of rotatable bonds is 3. The van der Waals surface area contributed by atoms with Crippen molar-refractivity contribution >= 4 is 0 Å². The highest BCUT2D eigenvalue weighted by molar-refractivity contribution is 4.81.